The van der Waals surface area contributed by atoms with Crippen molar-refractivity contribution in [2.45, 2.75) is 89.0 Å². The van der Waals surface area contributed by atoms with Crippen LogP contribution >= 0.6 is 0 Å². The van der Waals surface area contributed by atoms with Gasteiger partial charge in [0.15, 0.2) is 0 Å². The molecule has 0 aliphatic carbocycles. The number of aryl methyl sites for hydroxylation is 1. The fourth-order valence-corrected chi connectivity index (χ4v) is 6.27. The third-order valence-corrected chi connectivity index (χ3v) is 8.39. The maximum atomic E-state index is 14.3. The highest BCUT2D eigenvalue weighted by Gasteiger charge is 2.36. The van der Waals surface area contributed by atoms with E-state index in [1.807, 2.05) is 4.90 Å². The zero-order valence-electron chi connectivity index (χ0n) is 23.7. The van der Waals surface area contributed by atoms with Crippen LogP contribution in [-0.2, 0) is 27.1 Å². The second-order valence-electron chi connectivity index (χ2n) is 11.3. The van der Waals surface area contributed by atoms with Crippen molar-refractivity contribution >= 4 is 11.8 Å². The lowest BCUT2D eigenvalue weighted by molar-refractivity contribution is -0.143. The quantitative estimate of drug-likeness (QED) is 0.353. The standard InChI is InChI=1S/C31H42FN3O5/c1-20-9-11-25-28(38-2)18-22(34-30(25)33-20)7-3-5-15-39-23-13-14-35(19-23)29(31(36)37)26-17-21(32)10-12-24(26)27-8-4-6-16-40-27/h10,12,17-18,20,23,27,29H,3-9,11,13-16,19H2,1-2H3,(H,33,34)(H,36,37)/t20?,23-,27+,29?/m1/s1. The number of unbranched alkanes of at least 4 members (excludes halogenated alkanes) is 1. The number of ether oxygens (including phenoxy) is 3. The van der Waals surface area contributed by atoms with Crippen LogP contribution in [0.4, 0.5) is 10.2 Å². The number of aromatic nitrogens is 1. The Morgan fingerprint density at radius 1 is 1.25 bits per heavy atom. The van der Waals surface area contributed by atoms with E-state index in [9.17, 15) is 14.3 Å². The molecule has 2 fully saturated rings. The van der Waals surface area contributed by atoms with Crippen LogP contribution in [0.15, 0.2) is 24.3 Å². The van der Waals surface area contributed by atoms with Crippen molar-refractivity contribution in [2.75, 3.05) is 38.7 Å². The summed E-state index contributed by atoms with van der Waals surface area (Å²) < 4.78 is 32.0. The normalized spacial score (nSPS) is 23.8. The van der Waals surface area contributed by atoms with Crippen LogP contribution in [0.25, 0.3) is 0 Å². The van der Waals surface area contributed by atoms with Crippen LogP contribution in [0.5, 0.6) is 5.75 Å². The molecule has 2 N–H and O–H groups in total. The number of nitrogens with one attached hydrogen (secondary N) is 1. The SMILES string of the molecule is COc1cc(CCCCO[C@@H]2CCN(C(C(=O)O)c3cc(F)ccc3[C@@H]3CCCCO3)C2)nc2c1CCC(C)N2. The number of likely N-dealkylation sites (tertiary alicyclic amines) is 1. The molecule has 4 heterocycles. The van der Waals surface area contributed by atoms with Gasteiger partial charge in [0.05, 0.1) is 19.3 Å². The molecular formula is C31H42FN3O5. The average molecular weight is 556 g/mol. The molecule has 1 aromatic heterocycles. The number of carboxylic acids is 1. The molecule has 3 aliphatic rings. The third kappa shape index (κ3) is 6.75. The number of hydrogen-bond donors (Lipinski definition) is 2. The average Bonchev–Trinajstić information content (AvgIpc) is 3.40. The maximum absolute atomic E-state index is 14.3. The first-order valence-corrected chi connectivity index (χ1v) is 14.8. The molecule has 2 unspecified atom stereocenters. The molecule has 5 rings (SSSR count). The highest BCUT2D eigenvalue weighted by Crippen LogP contribution is 2.37. The van der Waals surface area contributed by atoms with Gasteiger partial charge in [-0.25, -0.2) is 9.37 Å². The van der Waals surface area contributed by atoms with Gasteiger partial charge in [0.1, 0.15) is 23.4 Å². The van der Waals surface area contributed by atoms with Crippen molar-refractivity contribution in [3.8, 4) is 5.75 Å². The number of nitrogens with zero attached hydrogens (tertiary/aromatic N) is 2. The summed E-state index contributed by atoms with van der Waals surface area (Å²) in [5.74, 6) is 0.454. The number of methoxy groups -OCH3 is 1. The Bertz CT molecular complexity index is 1170. The van der Waals surface area contributed by atoms with Crippen LogP contribution in [0.1, 0.15) is 86.4 Å². The lowest BCUT2D eigenvalue weighted by atomic mass is 9.92. The minimum absolute atomic E-state index is 0.0440. The van der Waals surface area contributed by atoms with Crippen LogP contribution in [-0.4, -0.2) is 66.5 Å². The van der Waals surface area contributed by atoms with Gasteiger partial charge >= 0.3 is 5.97 Å². The van der Waals surface area contributed by atoms with Crippen LogP contribution in [0, 0.1) is 5.82 Å². The fourth-order valence-electron chi connectivity index (χ4n) is 6.27. The van der Waals surface area contributed by atoms with E-state index in [0.29, 0.717) is 37.9 Å². The zero-order chi connectivity index (χ0) is 28.1. The molecule has 0 radical (unpaired) electrons. The minimum Gasteiger partial charge on any atom is -0.496 e. The van der Waals surface area contributed by atoms with E-state index in [2.05, 4.69) is 18.3 Å². The smallest absolute Gasteiger partial charge is 0.325 e. The van der Waals surface area contributed by atoms with Gasteiger partial charge in [-0.1, -0.05) is 6.07 Å². The number of hydrogen-bond acceptors (Lipinski definition) is 7. The molecule has 40 heavy (non-hydrogen) atoms. The Morgan fingerprint density at radius 2 is 2.12 bits per heavy atom. The lowest BCUT2D eigenvalue weighted by Gasteiger charge is -2.30. The second-order valence-corrected chi connectivity index (χ2v) is 11.3. The van der Waals surface area contributed by atoms with E-state index in [1.165, 1.54) is 12.1 Å². The third-order valence-electron chi connectivity index (χ3n) is 8.39. The van der Waals surface area contributed by atoms with Gasteiger partial charge in [0.25, 0.3) is 0 Å². The summed E-state index contributed by atoms with van der Waals surface area (Å²) in [6, 6.07) is 6.01. The fraction of sp³-hybridized carbons (Fsp3) is 0.613. The Balaban J connectivity index is 1.14. The summed E-state index contributed by atoms with van der Waals surface area (Å²) in [5, 5.41) is 13.7. The van der Waals surface area contributed by atoms with Gasteiger partial charge in [-0.2, -0.15) is 0 Å². The van der Waals surface area contributed by atoms with Crippen molar-refractivity contribution < 1.29 is 28.5 Å². The number of fused-ring (bicyclic) bond motifs is 1. The number of benzene rings is 1. The summed E-state index contributed by atoms with van der Waals surface area (Å²) in [6.07, 6.45) is 8.07. The Hall–Kier alpha value is -2.75. The predicted octanol–water partition coefficient (Wildman–Crippen LogP) is 5.46. The first kappa shape index (κ1) is 28.8. The van der Waals surface area contributed by atoms with E-state index < -0.39 is 17.8 Å². The molecule has 0 amide bonds. The van der Waals surface area contributed by atoms with Gasteiger partial charge in [-0.3, -0.25) is 9.69 Å². The van der Waals surface area contributed by atoms with E-state index >= 15 is 0 Å². The topological polar surface area (TPSA) is 93.2 Å². The van der Waals surface area contributed by atoms with Crippen LogP contribution in [0.3, 0.4) is 0 Å². The first-order valence-electron chi connectivity index (χ1n) is 14.8. The van der Waals surface area contributed by atoms with Crippen LogP contribution in [0.2, 0.25) is 0 Å². The maximum Gasteiger partial charge on any atom is 0.325 e. The van der Waals surface area contributed by atoms with Crippen molar-refractivity contribution in [3.05, 3.63) is 52.5 Å². The number of rotatable bonds is 11. The molecule has 0 bridgehead atoms. The molecule has 218 valence electrons. The van der Waals surface area contributed by atoms with Crippen molar-refractivity contribution in [3.63, 3.8) is 0 Å². The molecule has 3 aliphatic heterocycles. The zero-order valence-corrected chi connectivity index (χ0v) is 23.7. The van der Waals surface area contributed by atoms with Gasteiger partial charge < -0.3 is 24.6 Å². The number of aliphatic carboxylic acids is 1. The lowest BCUT2D eigenvalue weighted by Crippen LogP contribution is -2.34. The highest BCUT2D eigenvalue weighted by molar-refractivity contribution is 5.76. The summed E-state index contributed by atoms with van der Waals surface area (Å²) in [7, 11) is 1.71. The van der Waals surface area contributed by atoms with Crippen molar-refractivity contribution in [2.24, 2.45) is 0 Å². The van der Waals surface area contributed by atoms with E-state index in [0.717, 1.165) is 86.2 Å². The van der Waals surface area contributed by atoms with Gasteiger partial charge in [-0.15, -0.1) is 0 Å². The Labute approximate surface area is 236 Å². The molecule has 9 heteroatoms. The monoisotopic (exact) mass is 555 g/mol. The Morgan fingerprint density at radius 3 is 2.90 bits per heavy atom. The van der Waals surface area contributed by atoms with Gasteiger partial charge in [0.2, 0.25) is 0 Å². The van der Waals surface area contributed by atoms with E-state index in [-0.39, 0.29) is 12.2 Å². The van der Waals surface area contributed by atoms with Crippen molar-refractivity contribution in [1.82, 2.24) is 9.88 Å². The molecule has 4 atom stereocenters. The van der Waals surface area contributed by atoms with Gasteiger partial charge in [0, 0.05) is 49.7 Å². The van der Waals surface area contributed by atoms with E-state index in [4.69, 9.17) is 19.2 Å². The number of pyridine rings is 1. The number of carboxylic acid groups (broad SMARTS) is 1. The number of anilines is 1. The largest absolute Gasteiger partial charge is 0.496 e. The van der Waals surface area contributed by atoms with Gasteiger partial charge in [-0.05, 0) is 88.0 Å². The molecule has 0 saturated carbocycles. The van der Waals surface area contributed by atoms with Crippen molar-refractivity contribution in [1.29, 1.82) is 0 Å². The highest BCUT2D eigenvalue weighted by atomic mass is 19.1. The molecule has 1 aromatic carbocycles. The molecule has 0 spiro atoms. The predicted molar refractivity (Wildman–Crippen MR) is 150 cm³/mol. The number of carbonyl (C=O) groups is 1. The molecule has 8 nitrogen and oxygen atoms in total. The molecule has 2 aromatic rings. The summed E-state index contributed by atoms with van der Waals surface area (Å²) >= 11 is 0. The first-order chi connectivity index (χ1) is 19.4. The molecular weight excluding hydrogens is 513 g/mol. The summed E-state index contributed by atoms with van der Waals surface area (Å²) in [5.41, 5.74) is 3.46. The van der Waals surface area contributed by atoms with E-state index in [1.54, 1.807) is 13.2 Å². The summed E-state index contributed by atoms with van der Waals surface area (Å²) in [4.78, 5) is 19.2. The number of halogens is 1. The Kier molecular flexibility index (Phi) is 9.55. The second kappa shape index (κ2) is 13.3. The minimum atomic E-state index is -0.972. The summed E-state index contributed by atoms with van der Waals surface area (Å²) in [6.45, 7) is 4.52. The van der Waals surface area contributed by atoms with Crippen LogP contribution < -0.4 is 10.1 Å². The molecule has 2 saturated heterocycles.